The molecule has 0 aliphatic heterocycles. The van der Waals surface area contributed by atoms with Gasteiger partial charge in [-0.2, -0.15) is 0 Å². The molecule has 0 saturated heterocycles. The van der Waals surface area contributed by atoms with E-state index in [1.165, 1.54) is 0 Å². The Bertz CT molecular complexity index is 846. The molecule has 0 aliphatic carbocycles. The fourth-order valence-corrected chi connectivity index (χ4v) is 2.38. The number of hydrogen-bond donors (Lipinski definition) is 2. The second-order valence-electron chi connectivity index (χ2n) is 5.76. The Morgan fingerprint density at radius 1 is 1.12 bits per heavy atom. The fraction of sp³-hybridized carbons (Fsp3) is 0.200. The van der Waals surface area contributed by atoms with Gasteiger partial charge in [-0.05, 0) is 24.6 Å². The molecule has 0 spiro atoms. The standard InChI is InChI=1S/C20H21N3O3/c1-15-6-5-9-17(12-15)25-11-10-21-20(24)23-14-19-22-13-18(26-19)16-7-3-2-4-8-16/h2-9,12-13H,10-11,14H2,1H3,(H2,21,23,24). The highest BCUT2D eigenvalue weighted by Crippen LogP contribution is 2.19. The molecular formula is C20H21N3O3. The van der Waals surface area contributed by atoms with Crippen LogP contribution < -0.4 is 15.4 Å². The topological polar surface area (TPSA) is 76.4 Å². The summed E-state index contributed by atoms with van der Waals surface area (Å²) in [5.74, 6) is 1.92. The number of oxazole rings is 1. The smallest absolute Gasteiger partial charge is 0.315 e. The van der Waals surface area contributed by atoms with Crippen molar-refractivity contribution in [2.45, 2.75) is 13.5 Å². The van der Waals surface area contributed by atoms with E-state index in [4.69, 9.17) is 9.15 Å². The summed E-state index contributed by atoms with van der Waals surface area (Å²) < 4.78 is 11.2. The Hall–Kier alpha value is -3.28. The molecule has 0 atom stereocenters. The van der Waals surface area contributed by atoms with E-state index >= 15 is 0 Å². The highest BCUT2D eigenvalue weighted by atomic mass is 16.5. The van der Waals surface area contributed by atoms with Gasteiger partial charge in [-0.1, -0.05) is 42.5 Å². The van der Waals surface area contributed by atoms with Crippen LogP contribution in [-0.2, 0) is 6.54 Å². The number of aryl methyl sites for hydroxylation is 1. The maximum Gasteiger partial charge on any atom is 0.315 e. The van der Waals surface area contributed by atoms with Gasteiger partial charge < -0.3 is 19.8 Å². The van der Waals surface area contributed by atoms with Crippen molar-refractivity contribution in [2.24, 2.45) is 0 Å². The number of benzene rings is 2. The lowest BCUT2D eigenvalue weighted by atomic mass is 10.2. The van der Waals surface area contributed by atoms with Gasteiger partial charge in [0.15, 0.2) is 5.76 Å². The van der Waals surface area contributed by atoms with E-state index in [1.807, 2.05) is 61.5 Å². The van der Waals surface area contributed by atoms with Gasteiger partial charge in [-0.25, -0.2) is 9.78 Å². The number of nitrogens with zero attached hydrogens (tertiary/aromatic N) is 1. The van der Waals surface area contributed by atoms with Crippen LogP contribution in [0.1, 0.15) is 11.5 Å². The third kappa shape index (κ3) is 5.11. The number of carbonyl (C=O) groups is 1. The molecule has 0 radical (unpaired) electrons. The van der Waals surface area contributed by atoms with Gasteiger partial charge in [-0.3, -0.25) is 0 Å². The molecule has 2 N–H and O–H groups in total. The maximum atomic E-state index is 11.8. The Kier molecular flexibility index (Phi) is 5.88. The molecule has 2 amide bonds. The molecular weight excluding hydrogens is 330 g/mol. The lowest BCUT2D eigenvalue weighted by molar-refractivity contribution is 0.235. The van der Waals surface area contributed by atoms with Crippen LogP contribution in [0.15, 0.2) is 65.2 Å². The first-order valence-electron chi connectivity index (χ1n) is 8.42. The van der Waals surface area contributed by atoms with Crippen molar-refractivity contribution in [1.82, 2.24) is 15.6 Å². The Labute approximate surface area is 152 Å². The molecule has 2 aromatic carbocycles. The Balaban J connectivity index is 1.37. The minimum atomic E-state index is -0.294. The van der Waals surface area contributed by atoms with Crippen molar-refractivity contribution < 1.29 is 13.9 Å². The summed E-state index contributed by atoms with van der Waals surface area (Å²) in [5, 5.41) is 5.44. The largest absolute Gasteiger partial charge is 0.492 e. The Morgan fingerprint density at radius 3 is 2.77 bits per heavy atom. The van der Waals surface area contributed by atoms with Crippen molar-refractivity contribution in [3.8, 4) is 17.1 Å². The van der Waals surface area contributed by atoms with Crippen LogP contribution in [0.5, 0.6) is 5.75 Å². The molecule has 0 saturated carbocycles. The van der Waals surface area contributed by atoms with Crippen LogP contribution in [0.25, 0.3) is 11.3 Å². The average Bonchev–Trinajstić information content (AvgIpc) is 3.13. The monoisotopic (exact) mass is 351 g/mol. The summed E-state index contributed by atoms with van der Waals surface area (Å²) in [6.45, 7) is 3.02. The zero-order valence-corrected chi connectivity index (χ0v) is 14.6. The van der Waals surface area contributed by atoms with Crippen LogP contribution in [0.3, 0.4) is 0 Å². The van der Waals surface area contributed by atoms with Crippen LogP contribution in [0.2, 0.25) is 0 Å². The molecule has 6 heteroatoms. The first-order valence-corrected chi connectivity index (χ1v) is 8.42. The van der Waals surface area contributed by atoms with E-state index in [2.05, 4.69) is 15.6 Å². The van der Waals surface area contributed by atoms with Gasteiger partial charge in [0.05, 0.1) is 19.3 Å². The van der Waals surface area contributed by atoms with Gasteiger partial charge in [0.25, 0.3) is 0 Å². The number of nitrogens with one attached hydrogen (secondary N) is 2. The number of hydrogen-bond acceptors (Lipinski definition) is 4. The van der Waals surface area contributed by atoms with Crippen molar-refractivity contribution in [2.75, 3.05) is 13.2 Å². The van der Waals surface area contributed by atoms with Crippen molar-refractivity contribution in [3.05, 3.63) is 72.2 Å². The molecule has 0 bridgehead atoms. The summed E-state index contributed by atoms with van der Waals surface area (Å²) in [6, 6.07) is 17.2. The summed E-state index contributed by atoms with van der Waals surface area (Å²) in [6.07, 6.45) is 1.65. The van der Waals surface area contributed by atoms with E-state index in [9.17, 15) is 4.79 Å². The number of urea groups is 1. The second kappa shape index (κ2) is 8.71. The highest BCUT2D eigenvalue weighted by Gasteiger charge is 2.07. The second-order valence-corrected chi connectivity index (χ2v) is 5.76. The van der Waals surface area contributed by atoms with Crippen molar-refractivity contribution >= 4 is 6.03 Å². The van der Waals surface area contributed by atoms with Gasteiger partial charge in [0, 0.05) is 5.56 Å². The predicted octanol–water partition coefficient (Wildman–Crippen LogP) is 3.53. The van der Waals surface area contributed by atoms with E-state index in [0.717, 1.165) is 16.9 Å². The lowest BCUT2D eigenvalue weighted by Crippen LogP contribution is -2.37. The lowest BCUT2D eigenvalue weighted by Gasteiger charge is -2.08. The minimum absolute atomic E-state index is 0.220. The molecule has 26 heavy (non-hydrogen) atoms. The summed E-state index contributed by atoms with van der Waals surface area (Å²) in [4.78, 5) is 16.0. The predicted molar refractivity (Wildman–Crippen MR) is 98.9 cm³/mol. The molecule has 3 aromatic rings. The highest BCUT2D eigenvalue weighted by molar-refractivity contribution is 5.73. The van der Waals surface area contributed by atoms with Crippen LogP contribution in [-0.4, -0.2) is 24.2 Å². The summed E-state index contributed by atoms with van der Waals surface area (Å²) >= 11 is 0. The van der Waals surface area contributed by atoms with E-state index < -0.39 is 0 Å². The number of carbonyl (C=O) groups excluding carboxylic acids is 1. The minimum Gasteiger partial charge on any atom is -0.492 e. The fourth-order valence-electron chi connectivity index (χ4n) is 2.38. The molecule has 0 aliphatic rings. The first kappa shape index (κ1) is 17.5. The first-order chi connectivity index (χ1) is 12.7. The third-order valence-corrected chi connectivity index (χ3v) is 3.66. The number of amides is 2. The number of rotatable bonds is 7. The van der Waals surface area contributed by atoms with Crippen LogP contribution >= 0.6 is 0 Å². The molecule has 1 aromatic heterocycles. The zero-order chi connectivity index (χ0) is 18.2. The molecule has 134 valence electrons. The Morgan fingerprint density at radius 2 is 1.96 bits per heavy atom. The zero-order valence-electron chi connectivity index (χ0n) is 14.6. The van der Waals surface area contributed by atoms with Crippen LogP contribution in [0, 0.1) is 6.92 Å². The summed E-state index contributed by atoms with van der Waals surface area (Å²) in [7, 11) is 0. The van der Waals surface area contributed by atoms with Gasteiger partial charge in [0.2, 0.25) is 5.89 Å². The molecule has 3 rings (SSSR count). The number of aromatic nitrogens is 1. The quantitative estimate of drug-likeness (QED) is 0.639. The normalized spacial score (nSPS) is 10.3. The average molecular weight is 351 g/mol. The van der Waals surface area contributed by atoms with E-state index in [-0.39, 0.29) is 12.6 Å². The van der Waals surface area contributed by atoms with Gasteiger partial charge >= 0.3 is 6.03 Å². The van der Waals surface area contributed by atoms with Gasteiger partial charge in [-0.15, -0.1) is 0 Å². The van der Waals surface area contributed by atoms with E-state index in [1.54, 1.807) is 6.20 Å². The molecule has 0 unspecified atom stereocenters. The van der Waals surface area contributed by atoms with Crippen molar-refractivity contribution in [1.29, 1.82) is 0 Å². The summed E-state index contributed by atoms with van der Waals surface area (Å²) in [5.41, 5.74) is 2.08. The third-order valence-electron chi connectivity index (χ3n) is 3.66. The molecule has 1 heterocycles. The van der Waals surface area contributed by atoms with Gasteiger partial charge in [0.1, 0.15) is 12.4 Å². The maximum absolute atomic E-state index is 11.8. The molecule has 6 nitrogen and oxygen atoms in total. The van der Waals surface area contributed by atoms with Crippen LogP contribution in [0.4, 0.5) is 4.79 Å². The van der Waals surface area contributed by atoms with Crippen molar-refractivity contribution in [3.63, 3.8) is 0 Å². The number of ether oxygens (including phenoxy) is 1. The molecule has 0 fully saturated rings. The SMILES string of the molecule is Cc1cccc(OCCNC(=O)NCc2ncc(-c3ccccc3)o2)c1. The van der Waals surface area contributed by atoms with E-state index in [0.29, 0.717) is 24.8 Å².